The molecule has 3 unspecified atom stereocenters. The molecule has 0 saturated heterocycles. The van der Waals surface area contributed by atoms with Crippen molar-refractivity contribution >= 4 is 0 Å². The normalized spacial score (nSPS) is 28.6. The van der Waals surface area contributed by atoms with Crippen LogP contribution < -0.4 is 5.32 Å². The molecule has 0 spiro atoms. The zero-order valence-corrected chi connectivity index (χ0v) is 13.6. The molecule has 0 radical (unpaired) electrons. The first-order valence-electron chi connectivity index (χ1n) is 8.85. The van der Waals surface area contributed by atoms with Gasteiger partial charge in [0.05, 0.1) is 0 Å². The number of aryl methyl sites for hydroxylation is 1. The summed E-state index contributed by atoms with van der Waals surface area (Å²) in [6.07, 6.45) is 11.0. The summed E-state index contributed by atoms with van der Waals surface area (Å²) in [5.41, 5.74) is 2.74. The van der Waals surface area contributed by atoms with Crippen molar-refractivity contribution < 1.29 is 0 Å². The van der Waals surface area contributed by atoms with E-state index >= 15 is 0 Å². The van der Waals surface area contributed by atoms with Crippen molar-refractivity contribution in [3.63, 3.8) is 0 Å². The van der Waals surface area contributed by atoms with Crippen LogP contribution in [0.3, 0.4) is 0 Å². The highest BCUT2D eigenvalue weighted by atomic mass is 14.9. The number of aromatic nitrogens is 2. The van der Waals surface area contributed by atoms with Crippen molar-refractivity contribution in [1.29, 1.82) is 0 Å². The lowest BCUT2D eigenvalue weighted by Crippen LogP contribution is -2.28. The molecule has 1 aromatic rings. The molecule has 2 aliphatic rings. The summed E-state index contributed by atoms with van der Waals surface area (Å²) < 4.78 is 0. The molecule has 116 valence electrons. The van der Waals surface area contributed by atoms with Gasteiger partial charge in [-0.3, -0.25) is 0 Å². The molecule has 3 heteroatoms. The maximum atomic E-state index is 4.95. The Bertz CT molecular complexity index is 472. The summed E-state index contributed by atoms with van der Waals surface area (Å²) in [4.78, 5) is 9.67. The van der Waals surface area contributed by atoms with Gasteiger partial charge in [0.2, 0.25) is 0 Å². The minimum atomic E-state index is 0.625. The minimum Gasteiger partial charge on any atom is -0.317 e. The van der Waals surface area contributed by atoms with E-state index in [2.05, 4.69) is 25.4 Å². The molecule has 2 aliphatic carbocycles. The fraction of sp³-hybridized carbons (Fsp3) is 0.778. The van der Waals surface area contributed by atoms with Gasteiger partial charge in [0.15, 0.2) is 0 Å². The third-order valence-electron chi connectivity index (χ3n) is 5.44. The summed E-state index contributed by atoms with van der Waals surface area (Å²) in [5.74, 6) is 3.43. The quantitative estimate of drug-likeness (QED) is 0.901. The van der Waals surface area contributed by atoms with Crippen LogP contribution in [0, 0.1) is 11.8 Å². The third-order valence-corrected chi connectivity index (χ3v) is 5.44. The maximum absolute atomic E-state index is 4.95. The molecular formula is C18H29N3. The van der Waals surface area contributed by atoms with Gasteiger partial charge in [-0.1, -0.05) is 20.3 Å². The molecule has 1 aromatic heterocycles. The standard InChI is InChI=1S/C18H29N3/c1-3-13-5-7-15(9-13)18-20-12-16-10-14(11-19-4-2)6-8-17(16)21-18/h12-15,19H,3-11H2,1-2H3. The number of hydrogen-bond acceptors (Lipinski definition) is 3. The monoisotopic (exact) mass is 287 g/mol. The summed E-state index contributed by atoms with van der Waals surface area (Å²) >= 11 is 0. The van der Waals surface area contributed by atoms with Crippen LogP contribution in [0.4, 0.5) is 0 Å². The van der Waals surface area contributed by atoms with E-state index in [4.69, 9.17) is 9.97 Å². The number of nitrogens with one attached hydrogen (secondary N) is 1. The highest BCUT2D eigenvalue weighted by Crippen LogP contribution is 2.38. The van der Waals surface area contributed by atoms with Gasteiger partial charge in [-0.15, -0.1) is 0 Å². The van der Waals surface area contributed by atoms with Gasteiger partial charge < -0.3 is 5.32 Å². The Morgan fingerprint density at radius 1 is 1.19 bits per heavy atom. The van der Waals surface area contributed by atoms with Gasteiger partial charge in [0.25, 0.3) is 0 Å². The highest BCUT2D eigenvalue weighted by Gasteiger charge is 2.28. The van der Waals surface area contributed by atoms with Gasteiger partial charge in [0.1, 0.15) is 5.82 Å². The minimum absolute atomic E-state index is 0.625. The second-order valence-electron chi connectivity index (χ2n) is 6.90. The zero-order chi connectivity index (χ0) is 14.7. The molecule has 1 heterocycles. The molecule has 1 N–H and O–H groups in total. The van der Waals surface area contributed by atoms with Crippen molar-refractivity contribution in [2.75, 3.05) is 13.1 Å². The van der Waals surface area contributed by atoms with E-state index in [-0.39, 0.29) is 0 Å². The van der Waals surface area contributed by atoms with E-state index in [0.717, 1.165) is 43.6 Å². The van der Waals surface area contributed by atoms with E-state index < -0.39 is 0 Å². The Balaban J connectivity index is 1.66. The van der Waals surface area contributed by atoms with E-state index in [0.29, 0.717) is 5.92 Å². The zero-order valence-electron chi connectivity index (χ0n) is 13.6. The van der Waals surface area contributed by atoms with Gasteiger partial charge >= 0.3 is 0 Å². The van der Waals surface area contributed by atoms with Crippen LogP contribution >= 0.6 is 0 Å². The first-order valence-corrected chi connectivity index (χ1v) is 8.85. The topological polar surface area (TPSA) is 37.8 Å². The Labute approximate surface area is 129 Å². The van der Waals surface area contributed by atoms with E-state index in [9.17, 15) is 0 Å². The van der Waals surface area contributed by atoms with Crippen molar-refractivity contribution in [2.24, 2.45) is 11.8 Å². The fourth-order valence-electron chi connectivity index (χ4n) is 4.00. The van der Waals surface area contributed by atoms with E-state index in [1.165, 1.54) is 43.4 Å². The Morgan fingerprint density at radius 2 is 2.10 bits per heavy atom. The van der Waals surface area contributed by atoms with Crippen molar-refractivity contribution in [2.45, 2.75) is 64.7 Å². The van der Waals surface area contributed by atoms with Gasteiger partial charge in [-0.2, -0.15) is 0 Å². The first-order chi connectivity index (χ1) is 10.3. The predicted octanol–water partition coefficient (Wildman–Crippen LogP) is 3.48. The van der Waals surface area contributed by atoms with Crippen LogP contribution in [0.15, 0.2) is 6.20 Å². The Hall–Kier alpha value is -0.960. The van der Waals surface area contributed by atoms with E-state index in [1.54, 1.807) is 0 Å². The molecular weight excluding hydrogens is 258 g/mol. The lowest BCUT2D eigenvalue weighted by Gasteiger charge is -2.24. The number of nitrogens with zero attached hydrogens (tertiary/aromatic N) is 2. The van der Waals surface area contributed by atoms with Crippen LogP contribution in [0.25, 0.3) is 0 Å². The highest BCUT2D eigenvalue weighted by molar-refractivity contribution is 5.22. The average molecular weight is 287 g/mol. The summed E-state index contributed by atoms with van der Waals surface area (Å²) in [6, 6.07) is 0. The molecule has 1 fully saturated rings. The Kier molecular flexibility index (Phi) is 4.89. The van der Waals surface area contributed by atoms with E-state index in [1.807, 2.05) is 0 Å². The van der Waals surface area contributed by atoms with Crippen LogP contribution in [-0.2, 0) is 12.8 Å². The lowest BCUT2D eigenvalue weighted by atomic mass is 9.87. The lowest BCUT2D eigenvalue weighted by molar-refractivity contribution is 0.422. The summed E-state index contributed by atoms with van der Waals surface area (Å²) in [5, 5.41) is 3.48. The SMILES string of the molecule is CCNCC1CCc2nc(C3CCC(CC)C3)ncc2C1. The fourth-order valence-corrected chi connectivity index (χ4v) is 4.00. The van der Waals surface area contributed by atoms with Crippen LogP contribution in [0.5, 0.6) is 0 Å². The molecule has 3 atom stereocenters. The molecule has 3 nitrogen and oxygen atoms in total. The van der Waals surface area contributed by atoms with Crippen molar-refractivity contribution in [3.05, 3.63) is 23.3 Å². The number of hydrogen-bond donors (Lipinski definition) is 1. The second-order valence-corrected chi connectivity index (χ2v) is 6.90. The number of rotatable bonds is 5. The van der Waals surface area contributed by atoms with Crippen molar-refractivity contribution in [3.8, 4) is 0 Å². The smallest absolute Gasteiger partial charge is 0.131 e. The van der Waals surface area contributed by atoms with Gasteiger partial charge in [-0.25, -0.2) is 9.97 Å². The van der Waals surface area contributed by atoms with Crippen molar-refractivity contribution in [1.82, 2.24) is 15.3 Å². The molecule has 3 rings (SSSR count). The van der Waals surface area contributed by atoms with Gasteiger partial charge in [-0.05, 0) is 69.0 Å². The molecule has 0 aromatic carbocycles. The first kappa shape index (κ1) is 15.0. The summed E-state index contributed by atoms with van der Waals surface area (Å²) in [6.45, 7) is 6.69. The maximum Gasteiger partial charge on any atom is 0.131 e. The molecule has 1 saturated carbocycles. The third kappa shape index (κ3) is 3.45. The summed E-state index contributed by atoms with van der Waals surface area (Å²) in [7, 11) is 0. The second kappa shape index (κ2) is 6.87. The largest absolute Gasteiger partial charge is 0.317 e. The Morgan fingerprint density at radius 3 is 2.86 bits per heavy atom. The van der Waals surface area contributed by atoms with Crippen LogP contribution in [0.1, 0.15) is 69.0 Å². The molecule has 21 heavy (non-hydrogen) atoms. The average Bonchev–Trinajstić information content (AvgIpc) is 3.01. The van der Waals surface area contributed by atoms with Crippen LogP contribution in [0.2, 0.25) is 0 Å². The molecule has 0 amide bonds. The van der Waals surface area contributed by atoms with Gasteiger partial charge in [0, 0.05) is 17.8 Å². The number of fused-ring (bicyclic) bond motifs is 1. The van der Waals surface area contributed by atoms with Crippen LogP contribution in [-0.4, -0.2) is 23.1 Å². The molecule has 0 bridgehead atoms. The predicted molar refractivity (Wildman–Crippen MR) is 86.5 cm³/mol. The molecule has 0 aliphatic heterocycles.